The minimum absolute atomic E-state index is 0.305. The number of benzene rings is 2. The lowest BCUT2D eigenvalue weighted by Gasteiger charge is -2.26. The molecule has 8 heteroatoms. The zero-order chi connectivity index (χ0) is 25.1. The topological polar surface area (TPSA) is 41.0 Å². The maximum Gasteiger partial charge on any atom is 0.159 e. The number of aromatic nitrogens is 1. The zero-order valence-corrected chi connectivity index (χ0v) is 21.0. The summed E-state index contributed by atoms with van der Waals surface area (Å²) < 4.78 is 27.2. The summed E-state index contributed by atoms with van der Waals surface area (Å²) in [6.07, 6.45) is 4.18. The second-order valence-electron chi connectivity index (χ2n) is 9.65. The highest BCUT2D eigenvalue weighted by Gasteiger charge is 2.43. The standard InChI is InChI=1S/C28H29ClF2N4O/c1-2-36-33-27(21-7-8-24(30)25(31)14-21)26-9-6-20(16-32-26)17-34-12-10-28(18-34)11-13-35(19-28)23-5-3-4-22(29)15-23/h3-9,14-16H,2,10-13,17-19H2,1H3. The molecule has 0 aliphatic carbocycles. The summed E-state index contributed by atoms with van der Waals surface area (Å²) >= 11 is 6.20. The van der Waals surface area contributed by atoms with Gasteiger partial charge in [0.25, 0.3) is 0 Å². The maximum atomic E-state index is 13.8. The van der Waals surface area contributed by atoms with E-state index in [0.29, 0.717) is 29.0 Å². The molecule has 1 atom stereocenters. The summed E-state index contributed by atoms with van der Waals surface area (Å²) in [5.41, 5.74) is 3.93. The Morgan fingerprint density at radius 3 is 2.67 bits per heavy atom. The highest BCUT2D eigenvalue weighted by Crippen LogP contribution is 2.41. The summed E-state index contributed by atoms with van der Waals surface area (Å²) in [7, 11) is 0. The molecule has 2 aromatic carbocycles. The van der Waals surface area contributed by atoms with Crippen molar-refractivity contribution in [3.8, 4) is 0 Å². The third-order valence-electron chi connectivity index (χ3n) is 7.08. The molecule has 1 spiro atoms. The minimum Gasteiger partial charge on any atom is -0.396 e. The van der Waals surface area contributed by atoms with Crippen LogP contribution >= 0.6 is 11.6 Å². The molecule has 2 aliphatic heterocycles. The highest BCUT2D eigenvalue weighted by molar-refractivity contribution is 6.30. The van der Waals surface area contributed by atoms with E-state index in [1.54, 1.807) is 0 Å². The van der Waals surface area contributed by atoms with Crippen LogP contribution in [0.25, 0.3) is 0 Å². The van der Waals surface area contributed by atoms with Gasteiger partial charge >= 0.3 is 0 Å². The van der Waals surface area contributed by atoms with E-state index in [4.69, 9.17) is 16.4 Å². The fourth-order valence-electron chi connectivity index (χ4n) is 5.26. The molecular formula is C28H29ClF2N4O. The lowest BCUT2D eigenvalue weighted by molar-refractivity contribution is 0.159. The Hall–Kier alpha value is -3.03. The van der Waals surface area contributed by atoms with Gasteiger partial charge in [0.05, 0.1) is 5.69 Å². The lowest BCUT2D eigenvalue weighted by Crippen LogP contribution is -2.30. The van der Waals surface area contributed by atoms with Crippen molar-refractivity contribution in [2.24, 2.45) is 10.6 Å². The van der Waals surface area contributed by atoms with E-state index in [2.05, 4.69) is 26.0 Å². The Bertz CT molecular complexity index is 1250. The molecule has 5 rings (SSSR count). The van der Waals surface area contributed by atoms with Gasteiger partial charge in [0.1, 0.15) is 12.3 Å². The van der Waals surface area contributed by atoms with Crippen LogP contribution < -0.4 is 4.90 Å². The van der Waals surface area contributed by atoms with Crippen molar-refractivity contribution in [2.75, 3.05) is 37.7 Å². The number of anilines is 1. The monoisotopic (exact) mass is 510 g/mol. The first-order valence-electron chi connectivity index (χ1n) is 12.3. The normalized spacial score (nSPS) is 20.4. The van der Waals surface area contributed by atoms with Crippen molar-refractivity contribution in [1.29, 1.82) is 0 Å². The van der Waals surface area contributed by atoms with E-state index < -0.39 is 11.6 Å². The Morgan fingerprint density at radius 1 is 1.06 bits per heavy atom. The van der Waals surface area contributed by atoms with Crippen LogP contribution in [-0.2, 0) is 11.4 Å². The number of oxime groups is 1. The smallest absolute Gasteiger partial charge is 0.159 e. The predicted octanol–water partition coefficient (Wildman–Crippen LogP) is 5.90. The molecule has 5 nitrogen and oxygen atoms in total. The summed E-state index contributed by atoms with van der Waals surface area (Å²) in [5.74, 6) is -1.84. The second kappa shape index (κ2) is 10.5. The van der Waals surface area contributed by atoms with Gasteiger partial charge in [-0.2, -0.15) is 0 Å². The molecule has 0 radical (unpaired) electrons. The van der Waals surface area contributed by atoms with E-state index in [0.717, 1.165) is 55.4 Å². The van der Waals surface area contributed by atoms with Crippen molar-refractivity contribution in [3.63, 3.8) is 0 Å². The fraction of sp³-hybridized carbons (Fsp3) is 0.357. The largest absolute Gasteiger partial charge is 0.396 e. The molecular weight excluding hydrogens is 482 g/mol. The first-order valence-corrected chi connectivity index (χ1v) is 12.7. The molecule has 0 bridgehead atoms. The number of hydrogen-bond acceptors (Lipinski definition) is 5. The van der Waals surface area contributed by atoms with Crippen molar-refractivity contribution >= 4 is 23.0 Å². The van der Waals surface area contributed by atoms with Crippen LogP contribution in [0.3, 0.4) is 0 Å². The average molecular weight is 511 g/mol. The van der Waals surface area contributed by atoms with Crippen LogP contribution in [0, 0.1) is 17.0 Å². The third kappa shape index (κ3) is 5.37. The molecule has 36 heavy (non-hydrogen) atoms. The summed E-state index contributed by atoms with van der Waals surface area (Å²) in [4.78, 5) is 14.7. The third-order valence-corrected chi connectivity index (χ3v) is 7.32. The van der Waals surface area contributed by atoms with Crippen molar-refractivity contribution in [1.82, 2.24) is 9.88 Å². The van der Waals surface area contributed by atoms with E-state index in [1.165, 1.54) is 24.6 Å². The molecule has 3 heterocycles. The first kappa shape index (κ1) is 24.7. The molecule has 2 fully saturated rings. The molecule has 1 unspecified atom stereocenters. The first-order chi connectivity index (χ1) is 17.4. The Labute approximate surface area is 215 Å². The van der Waals surface area contributed by atoms with Gasteiger partial charge in [-0.25, -0.2) is 8.78 Å². The quantitative estimate of drug-likeness (QED) is 0.293. The Balaban J connectivity index is 1.24. The fourth-order valence-corrected chi connectivity index (χ4v) is 5.44. The number of hydrogen-bond donors (Lipinski definition) is 0. The SMILES string of the molecule is CCON=C(c1ccc(F)c(F)c1)c1ccc(CN2CCC3(CCN(c4cccc(Cl)c4)C3)C2)cn1. The van der Waals surface area contributed by atoms with E-state index in [1.807, 2.05) is 43.5 Å². The van der Waals surface area contributed by atoms with Crippen LogP contribution in [0.15, 0.2) is 65.9 Å². The second-order valence-corrected chi connectivity index (χ2v) is 10.1. The van der Waals surface area contributed by atoms with Gasteiger partial charge in [0.2, 0.25) is 0 Å². The number of likely N-dealkylation sites (tertiary alicyclic amines) is 1. The summed E-state index contributed by atoms with van der Waals surface area (Å²) in [5, 5.41) is 4.89. The van der Waals surface area contributed by atoms with E-state index in [-0.39, 0.29) is 0 Å². The van der Waals surface area contributed by atoms with Crippen LogP contribution in [0.5, 0.6) is 0 Å². The van der Waals surface area contributed by atoms with Crippen molar-refractivity contribution < 1.29 is 13.6 Å². The van der Waals surface area contributed by atoms with Gasteiger partial charge in [-0.15, -0.1) is 0 Å². The van der Waals surface area contributed by atoms with Gasteiger partial charge < -0.3 is 9.74 Å². The molecule has 2 aliphatic rings. The molecule has 0 N–H and O–H groups in total. The highest BCUT2D eigenvalue weighted by atomic mass is 35.5. The summed E-state index contributed by atoms with van der Waals surface area (Å²) in [6, 6.07) is 15.6. The predicted molar refractivity (Wildman–Crippen MR) is 138 cm³/mol. The van der Waals surface area contributed by atoms with Crippen LogP contribution in [0.4, 0.5) is 14.5 Å². The molecule has 2 saturated heterocycles. The Morgan fingerprint density at radius 2 is 1.92 bits per heavy atom. The number of pyridine rings is 1. The van der Waals surface area contributed by atoms with Crippen LogP contribution in [0.2, 0.25) is 5.02 Å². The van der Waals surface area contributed by atoms with Gasteiger partial charge in [0.15, 0.2) is 11.6 Å². The van der Waals surface area contributed by atoms with E-state index >= 15 is 0 Å². The molecule has 188 valence electrons. The number of halogens is 3. The molecule has 0 saturated carbocycles. The summed E-state index contributed by atoms with van der Waals surface area (Å²) in [6.45, 7) is 7.19. The van der Waals surface area contributed by atoms with Crippen LogP contribution in [0.1, 0.15) is 36.6 Å². The minimum atomic E-state index is -0.933. The van der Waals surface area contributed by atoms with Crippen molar-refractivity contribution in [3.05, 3.63) is 94.3 Å². The van der Waals surface area contributed by atoms with Crippen molar-refractivity contribution in [2.45, 2.75) is 26.3 Å². The average Bonchev–Trinajstić information content (AvgIpc) is 3.48. The van der Waals surface area contributed by atoms with E-state index in [9.17, 15) is 8.78 Å². The van der Waals surface area contributed by atoms with Gasteiger partial charge in [-0.3, -0.25) is 9.88 Å². The van der Waals surface area contributed by atoms with Gasteiger partial charge in [-0.1, -0.05) is 28.9 Å². The number of nitrogens with zero attached hydrogens (tertiary/aromatic N) is 4. The molecule has 3 aromatic rings. The van der Waals surface area contributed by atoms with Gasteiger partial charge in [-0.05, 0) is 74.3 Å². The Kier molecular flexibility index (Phi) is 7.21. The molecule has 1 aromatic heterocycles. The maximum absolute atomic E-state index is 13.8. The molecule has 0 amide bonds. The zero-order valence-electron chi connectivity index (χ0n) is 20.3. The van der Waals surface area contributed by atoms with Crippen LogP contribution in [-0.4, -0.2) is 48.4 Å². The lowest BCUT2D eigenvalue weighted by atomic mass is 9.86. The van der Waals surface area contributed by atoms with Gasteiger partial charge in [0, 0.05) is 54.1 Å². The number of rotatable bonds is 7.